The van der Waals surface area contributed by atoms with Crippen LogP contribution >= 0.6 is 0 Å². The molecule has 2 unspecified atom stereocenters. The number of urea groups is 1. The van der Waals surface area contributed by atoms with Gasteiger partial charge in [0.1, 0.15) is 40.5 Å². The Hall–Kier alpha value is -4.62. The molecule has 1 saturated heterocycles. The van der Waals surface area contributed by atoms with Gasteiger partial charge in [0.15, 0.2) is 0 Å². The molecule has 4 amide bonds. The normalized spacial score (nSPS) is 18.9. The molecule has 0 radical (unpaired) electrons. The molecule has 2 fully saturated rings. The van der Waals surface area contributed by atoms with Gasteiger partial charge in [-0.3, -0.25) is 14.9 Å². The van der Waals surface area contributed by atoms with E-state index < -0.39 is 47.1 Å². The minimum Gasteiger partial charge on any atom is -0.457 e. The number of amides is 4. The number of aliphatic hydroxyl groups is 1. The van der Waals surface area contributed by atoms with E-state index in [1.165, 1.54) is 66.7 Å². The number of aliphatic hydroxyl groups excluding tert-OH is 1. The van der Waals surface area contributed by atoms with Crippen molar-refractivity contribution in [2.75, 3.05) is 36.1 Å². The number of rotatable bonds is 8. The highest BCUT2D eigenvalue weighted by molar-refractivity contribution is 6.16. The predicted molar refractivity (Wildman–Crippen MR) is 143 cm³/mol. The Morgan fingerprint density at radius 1 is 0.951 bits per heavy atom. The highest BCUT2D eigenvalue weighted by atomic mass is 19.1. The van der Waals surface area contributed by atoms with E-state index in [1.54, 1.807) is 0 Å². The lowest BCUT2D eigenvalue weighted by Crippen LogP contribution is -2.35. The van der Waals surface area contributed by atoms with Crippen molar-refractivity contribution < 1.29 is 37.7 Å². The third-order valence-corrected chi connectivity index (χ3v) is 6.94. The molecule has 4 N–H and O–H groups in total. The molecule has 5 rings (SSSR count). The van der Waals surface area contributed by atoms with Crippen molar-refractivity contribution in [3.05, 3.63) is 72.4 Å². The third-order valence-electron chi connectivity index (χ3n) is 6.94. The van der Waals surface area contributed by atoms with E-state index in [0.717, 1.165) is 6.07 Å². The molecular formula is C28H27F2N5O6. The molecule has 11 nitrogen and oxygen atoms in total. The molecular weight excluding hydrogens is 540 g/mol. The summed E-state index contributed by atoms with van der Waals surface area (Å²) in [6.07, 6.45) is 0.726. The van der Waals surface area contributed by atoms with Gasteiger partial charge in [-0.2, -0.15) is 0 Å². The number of anilines is 3. The van der Waals surface area contributed by atoms with Crippen LogP contribution in [-0.4, -0.2) is 65.2 Å². The Balaban J connectivity index is 1.19. The number of halogens is 2. The third kappa shape index (κ3) is 6.26. The van der Waals surface area contributed by atoms with Crippen LogP contribution in [0, 0.1) is 17.0 Å². The summed E-state index contributed by atoms with van der Waals surface area (Å²) in [7, 11) is 1.46. The van der Waals surface area contributed by atoms with Gasteiger partial charge in [0.25, 0.3) is 0 Å². The average molecular weight is 568 g/mol. The second-order valence-electron chi connectivity index (χ2n) is 9.79. The average Bonchev–Trinajstić information content (AvgIpc) is 3.68. The zero-order valence-electron chi connectivity index (χ0n) is 21.9. The molecule has 0 bridgehead atoms. The summed E-state index contributed by atoms with van der Waals surface area (Å²) in [5.74, 6) is -1.89. The van der Waals surface area contributed by atoms with E-state index in [2.05, 4.69) is 20.9 Å². The summed E-state index contributed by atoms with van der Waals surface area (Å²) in [5.41, 5.74) is -1.13. The van der Waals surface area contributed by atoms with Gasteiger partial charge in [-0.05, 0) is 55.3 Å². The minimum atomic E-state index is -1.34. The molecule has 2 heterocycles. The SMILES string of the molecule is COC1CN(C(=O)Nc2cc(Oc3ccc(NC(=O)C4(C(=O)Nc5ccc(F)cc5)CC4)c(F)c3)ccn2)CC1O. The molecule has 2 atom stereocenters. The van der Waals surface area contributed by atoms with E-state index in [1.807, 2.05) is 0 Å². The van der Waals surface area contributed by atoms with Gasteiger partial charge in [0.2, 0.25) is 11.8 Å². The summed E-state index contributed by atoms with van der Waals surface area (Å²) in [6, 6.07) is 11.5. The van der Waals surface area contributed by atoms with Gasteiger partial charge in [0.05, 0.1) is 24.9 Å². The minimum absolute atomic E-state index is 0.114. The fraction of sp³-hybridized carbons (Fsp3) is 0.286. The predicted octanol–water partition coefficient (Wildman–Crippen LogP) is 3.73. The number of nitrogens with one attached hydrogen (secondary N) is 3. The van der Waals surface area contributed by atoms with Crippen molar-refractivity contribution in [2.24, 2.45) is 5.41 Å². The number of hydrogen-bond donors (Lipinski definition) is 4. The van der Waals surface area contributed by atoms with Crippen molar-refractivity contribution in [1.29, 1.82) is 0 Å². The lowest BCUT2D eigenvalue weighted by Gasteiger charge is -2.17. The van der Waals surface area contributed by atoms with Gasteiger partial charge in [0, 0.05) is 31.1 Å². The highest BCUT2D eigenvalue weighted by Gasteiger charge is 2.56. The zero-order valence-corrected chi connectivity index (χ0v) is 21.9. The maximum atomic E-state index is 14.9. The van der Waals surface area contributed by atoms with Crippen LogP contribution in [0.15, 0.2) is 60.8 Å². The summed E-state index contributed by atoms with van der Waals surface area (Å²) < 4.78 is 38.9. The standard InChI is InChI=1S/C28H27F2N5O6/c1-40-23-15-35(14-22(23)36)27(39)34-24-13-19(8-11-31-24)41-18-6-7-21(20(30)12-18)33-26(38)28(9-10-28)25(37)32-17-4-2-16(29)3-5-17/h2-8,11-13,22-23,36H,9-10,14-15H2,1H3,(H,32,37)(H,33,38)(H,31,34,39). The number of methoxy groups -OCH3 is 1. The summed E-state index contributed by atoms with van der Waals surface area (Å²) in [4.78, 5) is 43.6. The van der Waals surface area contributed by atoms with E-state index in [0.29, 0.717) is 18.5 Å². The number of pyridine rings is 1. The van der Waals surface area contributed by atoms with Gasteiger partial charge >= 0.3 is 6.03 Å². The van der Waals surface area contributed by atoms with Gasteiger partial charge < -0.3 is 30.1 Å². The first-order valence-electron chi connectivity index (χ1n) is 12.8. The molecule has 2 aliphatic rings. The van der Waals surface area contributed by atoms with E-state index in [4.69, 9.17) is 9.47 Å². The molecule has 1 aliphatic carbocycles. The van der Waals surface area contributed by atoms with Crippen LogP contribution in [-0.2, 0) is 14.3 Å². The number of carbonyl (C=O) groups excluding carboxylic acids is 3. The van der Waals surface area contributed by atoms with Gasteiger partial charge in [-0.1, -0.05) is 0 Å². The highest BCUT2D eigenvalue weighted by Crippen LogP contribution is 2.47. The molecule has 13 heteroatoms. The quantitative estimate of drug-likeness (QED) is 0.304. The molecule has 1 aromatic heterocycles. The van der Waals surface area contributed by atoms with Crippen LogP contribution in [0.25, 0.3) is 0 Å². The molecule has 3 aromatic rings. The van der Waals surface area contributed by atoms with E-state index in [9.17, 15) is 28.3 Å². The zero-order chi connectivity index (χ0) is 29.1. The van der Waals surface area contributed by atoms with Crippen LogP contribution in [0.2, 0.25) is 0 Å². The molecule has 214 valence electrons. The van der Waals surface area contributed by atoms with Crippen molar-refractivity contribution in [1.82, 2.24) is 9.88 Å². The molecule has 41 heavy (non-hydrogen) atoms. The van der Waals surface area contributed by atoms with Crippen LogP contribution in [0.3, 0.4) is 0 Å². The van der Waals surface area contributed by atoms with Crippen LogP contribution in [0.5, 0.6) is 11.5 Å². The molecule has 0 spiro atoms. The van der Waals surface area contributed by atoms with Crippen molar-refractivity contribution in [3.8, 4) is 11.5 Å². The summed E-state index contributed by atoms with van der Waals surface area (Å²) >= 11 is 0. The summed E-state index contributed by atoms with van der Waals surface area (Å²) in [5, 5.41) is 17.6. The Morgan fingerprint density at radius 3 is 2.32 bits per heavy atom. The number of ether oxygens (including phenoxy) is 2. The summed E-state index contributed by atoms with van der Waals surface area (Å²) in [6.45, 7) is 0.338. The van der Waals surface area contributed by atoms with Crippen molar-refractivity contribution in [3.63, 3.8) is 0 Å². The number of carbonyl (C=O) groups is 3. The first-order valence-corrected chi connectivity index (χ1v) is 12.8. The fourth-order valence-electron chi connectivity index (χ4n) is 4.39. The van der Waals surface area contributed by atoms with Crippen LogP contribution < -0.4 is 20.7 Å². The number of hydrogen-bond acceptors (Lipinski definition) is 7. The Labute approximate surface area is 233 Å². The lowest BCUT2D eigenvalue weighted by atomic mass is 10.0. The molecule has 1 aliphatic heterocycles. The van der Waals surface area contributed by atoms with Gasteiger partial charge in [-0.15, -0.1) is 0 Å². The Kier molecular flexibility index (Phi) is 7.81. The monoisotopic (exact) mass is 567 g/mol. The largest absolute Gasteiger partial charge is 0.457 e. The number of aromatic nitrogens is 1. The molecule has 1 saturated carbocycles. The van der Waals surface area contributed by atoms with E-state index in [-0.39, 0.29) is 36.1 Å². The van der Waals surface area contributed by atoms with Gasteiger partial charge in [-0.25, -0.2) is 18.6 Å². The number of benzene rings is 2. The second kappa shape index (κ2) is 11.5. The maximum Gasteiger partial charge on any atom is 0.323 e. The van der Waals surface area contributed by atoms with Crippen molar-refractivity contribution >= 4 is 35.0 Å². The smallest absolute Gasteiger partial charge is 0.323 e. The first kappa shape index (κ1) is 27.9. The fourth-order valence-corrected chi connectivity index (χ4v) is 4.39. The van der Waals surface area contributed by atoms with E-state index >= 15 is 0 Å². The first-order chi connectivity index (χ1) is 19.7. The number of β-amino-alcohol motifs (C(OH)–C–C–N with tert-alkyl or cyclic N) is 1. The van der Waals surface area contributed by atoms with Crippen molar-refractivity contribution in [2.45, 2.75) is 25.0 Å². The Morgan fingerprint density at radius 2 is 1.66 bits per heavy atom. The van der Waals surface area contributed by atoms with Crippen LogP contribution in [0.1, 0.15) is 12.8 Å². The topological polar surface area (TPSA) is 142 Å². The molecule has 2 aromatic carbocycles. The maximum absolute atomic E-state index is 14.9. The number of likely N-dealkylation sites (tertiary alicyclic amines) is 1. The Bertz CT molecular complexity index is 1470. The lowest BCUT2D eigenvalue weighted by molar-refractivity contribution is -0.131. The van der Waals surface area contributed by atoms with Crippen LogP contribution in [0.4, 0.5) is 30.8 Å². The second-order valence-corrected chi connectivity index (χ2v) is 9.79. The number of nitrogens with zero attached hydrogens (tertiary/aromatic N) is 2.